The summed E-state index contributed by atoms with van der Waals surface area (Å²) in [7, 11) is -0.154. The summed E-state index contributed by atoms with van der Waals surface area (Å²) in [6.07, 6.45) is 2.60. The molecule has 1 saturated heterocycles. The summed E-state index contributed by atoms with van der Waals surface area (Å²) in [5.41, 5.74) is 2.34. The van der Waals surface area contributed by atoms with Crippen molar-refractivity contribution in [2.24, 2.45) is 0 Å². The topological polar surface area (TPSA) is 66.9 Å². The van der Waals surface area contributed by atoms with Gasteiger partial charge in [0.15, 0.2) is 0 Å². The molecule has 1 aliphatic carbocycles. The van der Waals surface area contributed by atoms with Crippen molar-refractivity contribution in [3.63, 3.8) is 0 Å². The Kier molecular flexibility index (Phi) is 5.90. The first-order valence-electron chi connectivity index (χ1n) is 9.94. The van der Waals surface area contributed by atoms with E-state index in [1.54, 1.807) is 39.2 Å². The zero-order valence-electron chi connectivity index (χ0n) is 17.5. The summed E-state index contributed by atoms with van der Waals surface area (Å²) >= 11 is 0. The predicted molar refractivity (Wildman–Crippen MR) is 110 cm³/mol. The van der Waals surface area contributed by atoms with Crippen LogP contribution in [0.3, 0.4) is 0 Å². The minimum Gasteiger partial charge on any atom is -0.367 e. The number of likely N-dealkylation sites (N-methyl/N-ethyl adjacent to an activating group) is 1. The van der Waals surface area contributed by atoms with Crippen molar-refractivity contribution in [1.29, 1.82) is 0 Å². The van der Waals surface area contributed by atoms with Crippen molar-refractivity contribution in [3.05, 3.63) is 35.4 Å². The van der Waals surface area contributed by atoms with Gasteiger partial charge in [-0.1, -0.05) is 24.3 Å². The molecule has 1 aromatic carbocycles. The maximum absolute atomic E-state index is 13.3. The second-order valence-corrected chi connectivity index (χ2v) is 11.7. The van der Waals surface area contributed by atoms with E-state index in [2.05, 4.69) is 12.1 Å². The normalized spacial score (nSPS) is 23.8. The summed E-state index contributed by atoms with van der Waals surface area (Å²) < 4.78 is 33.2. The Morgan fingerprint density at radius 3 is 2.32 bits per heavy atom. The highest BCUT2D eigenvalue weighted by atomic mass is 32.2. The largest absolute Gasteiger partial charge is 0.367 e. The Hall–Kier alpha value is -1.44. The number of benzene rings is 1. The van der Waals surface area contributed by atoms with E-state index in [-0.39, 0.29) is 31.2 Å². The Balaban J connectivity index is 1.90. The fraction of sp³-hybridized carbons (Fsp3) is 0.667. The van der Waals surface area contributed by atoms with Gasteiger partial charge in [0.25, 0.3) is 0 Å². The molecule has 0 aromatic heterocycles. The zero-order chi connectivity index (χ0) is 20.7. The van der Waals surface area contributed by atoms with Crippen LogP contribution in [-0.2, 0) is 19.6 Å². The predicted octanol–water partition coefficient (Wildman–Crippen LogP) is 2.91. The molecule has 7 heteroatoms. The molecule has 0 spiro atoms. The molecule has 1 amide bonds. The van der Waals surface area contributed by atoms with E-state index in [1.165, 1.54) is 10.5 Å². The van der Waals surface area contributed by atoms with Gasteiger partial charge in [0.2, 0.25) is 15.9 Å². The average Bonchev–Trinajstić information content (AvgIpc) is 3.37. The van der Waals surface area contributed by atoms with E-state index in [1.807, 2.05) is 12.1 Å². The van der Waals surface area contributed by atoms with Crippen molar-refractivity contribution >= 4 is 15.9 Å². The lowest BCUT2D eigenvalue weighted by Crippen LogP contribution is -2.43. The van der Waals surface area contributed by atoms with Crippen LogP contribution in [-0.4, -0.2) is 61.6 Å². The second kappa shape index (κ2) is 7.76. The number of amides is 1. The molecular weight excluding hydrogens is 376 g/mol. The quantitative estimate of drug-likeness (QED) is 0.726. The average molecular weight is 409 g/mol. The van der Waals surface area contributed by atoms with Crippen molar-refractivity contribution in [3.8, 4) is 0 Å². The van der Waals surface area contributed by atoms with E-state index < -0.39 is 14.8 Å². The van der Waals surface area contributed by atoms with Crippen LogP contribution in [0.2, 0.25) is 0 Å². The van der Waals surface area contributed by atoms with Gasteiger partial charge in [-0.2, -0.15) is 4.31 Å². The Labute approximate surface area is 168 Å². The van der Waals surface area contributed by atoms with Crippen LogP contribution in [0.5, 0.6) is 0 Å². The van der Waals surface area contributed by atoms with Crippen molar-refractivity contribution in [2.45, 2.75) is 62.8 Å². The van der Waals surface area contributed by atoms with E-state index in [0.717, 1.165) is 18.4 Å². The molecule has 2 aliphatic rings. The minimum atomic E-state index is -3.53. The highest BCUT2D eigenvalue weighted by Crippen LogP contribution is 2.47. The highest BCUT2D eigenvalue weighted by molar-refractivity contribution is 7.90. The third-order valence-electron chi connectivity index (χ3n) is 5.61. The zero-order valence-corrected chi connectivity index (χ0v) is 18.3. The smallest absolute Gasteiger partial charge is 0.248 e. The van der Waals surface area contributed by atoms with Gasteiger partial charge in [-0.3, -0.25) is 4.79 Å². The van der Waals surface area contributed by atoms with Crippen molar-refractivity contribution in [1.82, 2.24) is 9.21 Å². The first-order valence-corrected chi connectivity index (χ1v) is 11.4. The molecule has 6 nitrogen and oxygen atoms in total. The molecule has 3 rings (SSSR count). The summed E-state index contributed by atoms with van der Waals surface area (Å²) in [6.45, 7) is 5.45. The van der Waals surface area contributed by atoms with Crippen molar-refractivity contribution < 1.29 is 17.9 Å². The summed E-state index contributed by atoms with van der Waals surface area (Å²) in [6, 6.07) is 7.93. The molecule has 1 aromatic rings. The van der Waals surface area contributed by atoms with E-state index >= 15 is 0 Å². The molecule has 2 fully saturated rings. The van der Waals surface area contributed by atoms with E-state index in [4.69, 9.17) is 4.74 Å². The van der Waals surface area contributed by atoms with Gasteiger partial charge in [-0.15, -0.1) is 0 Å². The van der Waals surface area contributed by atoms with Crippen LogP contribution in [0.25, 0.3) is 0 Å². The number of sulfonamides is 1. The highest BCUT2D eigenvalue weighted by Gasteiger charge is 2.47. The van der Waals surface area contributed by atoms with Crippen molar-refractivity contribution in [2.75, 3.05) is 27.2 Å². The fourth-order valence-electron chi connectivity index (χ4n) is 3.69. The fourth-order valence-corrected chi connectivity index (χ4v) is 5.29. The molecule has 1 aliphatic heterocycles. The van der Waals surface area contributed by atoms with Gasteiger partial charge in [0, 0.05) is 20.6 Å². The molecule has 0 radical (unpaired) electrons. The lowest BCUT2D eigenvalue weighted by molar-refractivity contribution is -0.135. The molecule has 1 saturated carbocycles. The van der Waals surface area contributed by atoms with Crippen LogP contribution in [0.15, 0.2) is 24.3 Å². The van der Waals surface area contributed by atoms with Gasteiger partial charge in [0.05, 0.1) is 16.9 Å². The molecular formula is C21H32N2O4S. The standard InChI is InChI=1S/C21H32N2O4S/c1-21(2,3)28(25,26)23-13-16(27-14-20(24)22(4)5)12-19(23)18-9-7-6-8-17(18)15-10-11-15/h6-9,15-16,19H,10-14H2,1-5H3. The lowest BCUT2D eigenvalue weighted by Gasteiger charge is -2.32. The number of carbonyl (C=O) groups excluding carboxylic acids is 1. The number of carbonyl (C=O) groups is 1. The summed E-state index contributed by atoms with van der Waals surface area (Å²) in [5, 5.41) is 0. The van der Waals surface area contributed by atoms with Gasteiger partial charge in [-0.05, 0) is 57.1 Å². The third kappa shape index (κ3) is 4.26. The van der Waals surface area contributed by atoms with Crippen LogP contribution >= 0.6 is 0 Å². The lowest BCUT2D eigenvalue weighted by atomic mass is 9.96. The van der Waals surface area contributed by atoms with Gasteiger partial charge in [0.1, 0.15) is 6.61 Å². The number of hydrogen-bond acceptors (Lipinski definition) is 4. The number of nitrogens with zero attached hydrogens (tertiary/aromatic N) is 2. The van der Waals surface area contributed by atoms with E-state index in [0.29, 0.717) is 12.3 Å². The SMILES string of the molecule is CN(C)C(=O)COC1CC(c2ccccc2C2CC2)N(S(=O)(=O)C(C)(C)C)C1. The Morgan fingerprint density at radius 1 is 1.18 bits per heavy atom. The first kappa shape index (κ1) is 21.3. The molecule has 2 unspecified atom stereocenters. The summed E-state index contributed by atoms with van der Waals surface area (Å²) in [5.74, 6) is 0.415. The number of ether oxygens (including phenoxy) is 1. The molecule has 0 N–H and O–H groups in total. The van der Waals surface area contributed by atoms with Crippen LogP contribution in [0.1, 0.15) is 63.1 Å². The molecule has 0 bridgehead atoms. The maximum atomic E-state index is 13.3. The number of hydrogen-bond donors (Lipinski definition) is 0. The molecule has 28 heavy (non-hydrogen) atoms. The van der Waals surface area contributed by atoms with E-state index in [9.17, 15) is 13.2 Å². The monoisotopic (exact) mass is 408 g/mol. The van der Waals surface area contributed by atoms with Crippen LogP contribution in [0, 0.1) is 0 Å². The number of rotatable bonds is 6. The second-order valence-electron chi connectivity index (χ2n) is 9.06. The summed E-state index contributed by atoms with van der Waals surface area (Å²) in [4.78, 5) is 13.4. The maximum Gasteiger partial charge on any atom is 0.248 e. The van der Waals surface area contributed by atoms with Gasteiger partial charge < -0.3 is 9.64 Å². The Bertz CT molecular complexity index is 825. The molecule has 156 valence electrons. The Morgan fingerprint density at radius 2 is 1.79 bits per heavy atom. The molecule has 2 atom stereocenters. The minimum absolute atomic E-state index is 0.0297. The third-order valence-corrected chi connectivity index (χ3v) is 8.18. The van der Waals surface area contributed by atoms with Gasteiger partial charge >= 0.3 is 0 Å². The van der Waals surface area contributed by atoms with Crippen LogP contribution in [0.4, 0.5) is 0 Å². The first-order chi connectivity index (χ1) is 13.0. The van der Waals surface area contributed by atoms with Crippen LogP contribution < -0.4 is 0 Å². The molecule has 1 heterocycles. The van der Waals surface area contributed by atoms with Gasteiger partial charge in [-0.25, -0.2) is 8.42 Å².